The number of carbonyl (C=O) groups excluding carboxylic acids is 1. The van der Waals surface area contributed by atoms with Crippen molar-refractivity contribution in [2.24, 2.45) is 5.92 Å². The SMILES string of the molecule is O=C(c1ccc2n(c1=O)C[C@H]1C[C@@H]2CN(Cc2ccccn2)C1)N1CCCOCC1.O=CO. The Morgan fingerprint density at radius 1 is 1.15 bits per heavy atom. The molecule has 5 heterocycles. The summed E-state index contributed by atoms with van der Waals surface area (Å²) in [7, 11) is 0. The van der Waals surface area contributed by atoms with E-state index in [2.05, 4.69) is 16.0 Å². The number of piperidine rings is 1. The highest BCUT2D eigenvalue weighted by molar-refractivity contribution is 5.94. The maximum Gasteiger partial charge on any atom is 0.290 e. The summed E-state index contributed by atoms with van der Waals surface area (Å²) >= 11 is 0. The van der Waals surface area contributed by atoms with E-state index in [9.17, 15) is 9.59 Å². The van der Waals surface area contributed by atoms with E-state index in [-0.39, 0.29) is 17.9 Å². The number of likely N-dealkylation sites (tertiary alicyclic amines) is 1. The number of carbonyl (C=O) groups is 2. The van der Waals surface area contributed by atoms with Crippen molar-refractivity contribution in [1.82, 2.24) is 19.4 Å². The van der Waals surface area contributed by atoms with Crippen LogP contribution in [0.15, 0.2) is 41.3 Å². The number of fused-ring (bicyclic) bond motifs is 4. The fourth-order valence-electron chi connectivity index (χ4n) is 5.18. The Balaban J connectivity index is 0.000000821. The number of nitrogens with zero attached hydrogens (tertiary/aromatic N) is 4. The predicted molar refractivity (Wildman–Crippen MR) is 121 cm³/mol. The first kappa shape index (κ1) is 23.1. The van der Waals surface area contributed by atoms with Gasteiger partial charge < -0.3 is 19.3 Å². The van der Waals surface area contributed by atoms with E-state index in [1.54, 1.807) is 11.0 Å². The number of hydrogen-bond donors (Lipinski definition) is 1. The normalized spacial score (nSPS) is 22.4. The lowest BCUT2D eigenvalue weighted by atomic mass is 9.83. The minimum atomic E-state index is -0.250. The minimum absolute atomic E-state index is 0.129. The van der Waals surface area contributed by atoms with E-state index in [0.717, 1.165) is 43.9 Å². The average molecular weight is 455 g/mol. The lowest BCUT2D eigenvalue weighted by molar-refractivity contribution is -0.122. The number of ether oxygens (including phenoxy) is 1. The van der Waals surface area contributed by atoms with Crippen molar-refractivity contribution in [1.29, 1.82) is 0 Å². The second-order valence-electron chi connectivity index (χ2n) is 8.76. The molecule has 2 saturated heterocycles. The molecule has 3 aliphatic rings. The third-order valence-electron chi connectivity index (χ3n) is 6.53. The van der Waals surface area contributed by atoms with Gasteiger partial charge in [0.1, 0.15) is 5.56 Å². The van der Waals surface area contributed by atoms with Crippen LogP contribution in [0.3, 0.4) is 0 Å². The zero-order valence-electron chi connectivity index (χ0n) is 18.6. The molecule has 2 aromatic rings. The summed E-state index contributed by atoms with van der Waals surface area (Å²) in [6.07, 6.45) is 3.76. The third kappa shape index (κ3) is 5.31. The van der Waals surface area contributed by atoms with Crippen LogP contribution in [0.4, 0.5) is 0 Å². The van der Waals surface area contributed by atoms with Crippen molar-refractivity contribution in [3.05, 3.63) is 63.8 Å². The molecule has 1 amide bonds. The second-order valence-corrected chi connectivity index (χ2v) is 8.76. The van der Waals surface area contributed by atoms with Crippen LogP contribution in [0.25, 0.3) is 0 Å². The summed E-state index contributed by atoms with van der Waals surface area (Å²) < 4.78 is 7.32. The van der Waals surface area contributed by atoms with Crippen molar-refractivity contribution in [3.8, 4) is 0 Å². The molecule has 0 aromatic carbocycles. The lowest BCUT2D eigenvalue weighted by Crippen LogP contribution is -2.48. The van der Waals surface area contributed by atoms with Gasteiger partial charge in [0.2, 0.25) is 0 Å². The number of rotatable bonds is 3. The molecule has 9 nitrogen and oxygen atoms in total. The molecular formula is C24H30N4O5. The monoisotopic (exact) mass is 454 g/mol. The molecule has 2 atom stereocenters. The summed E-state index contributed by atoms with van der Waals surface area (Å²) in [5.74, 6) is 0.590. The van der Waals surface area contributed by atoms with Crippen molar-refractivity contribution in [3.63, 3.8) is 0 Å². The molecule has 0 radical (unpaired) electrons. The van der Waals surface area contributed by atoms with Crippen LogP contribution in [0.5, 0.6) is 0 Å². The fraction of sp³-hybridized carbons (Fsp3) is 0.500. The van der Waals surface area contributed by atoms with Gasteiger partial charge in [-0.2, -0.15) is 0 Å². The topological polar surface area (TPSA) is 105 Å². The van der Waals surface area contributed by atoms with E-state index in [4.69, 9.17) is 14.6 Å². The quantitative estimate of drug-likeness (QED) is 0.700. The van der Waals surface area contributed by atoms with Gasteiger partial charge in [-0.15, -0.1) is 0 Å². The Labute approximate surface area is 192 Å². The molecular weight excluding hydrogens is 424 g/mol. The second kappa shape index (κ2) is 10.7. The van der Waals surface area contributed by atoms with Gasteiger partial charge in [-0.1, -0.05) is 6.07 Å². The number of amides is 1. The Kier molecular flexibility index (Phi) is 7.51. The molecule has 0 spiro atoms. The highest BCUT2D eigenvalue weighted by Gasteiger charge is 2.35. The smallest absolute Gasteiger partial charge is 0.290 e. The van der Waals surface area contributed by atoms with Crippen LogP contribution in [-0.4, -0.2) is 76.2 Å². The number of pyridine rings is 2. The zero-order chi connectivity index (χ0) is 23.2. The molecule has 0 aliphatic carbocycles. The van der Waals surface area contributed by atoms with E-state index in [0.29, 0.717) is 50.2 Å². The van der Waals surface area contributed by atoms with Gasteiger partial charge in [-0.05, 0) is 43.0 Å². The van der Waals surface area contributed by atoms with Crippen LogP contribution in [0, 0.1) is 5.92 Å². The molecule has 5 rings (SSSR count). The van der Waals surface area contributed by atoms with Gasteiger partial charge in [-0.3, -0.25) is 24.3 Å². The molecule has 0 saturated carbocycles. The summed E-state index contributed by atoms with van der Waals surface area (Å²) in [6, 6.07) is 9.79. The van der Waals surface area contributed by atoms with Crippen LogP contribution < -0.4 is 5.56 Å². The van der Waals surface area contributed by atoms with Crippen molar-refractivity contribution >= 4 is 12.4 Å². The van der Waals surface area contributed by atoms with Crippen LogP contribution in [-0.2, 0) is 22.6 Å². The van der Waals surface area contributed by atoms with Gasteiger partial charge in [0.15, 0.2) is 0 Å². The summed E-state index contributed by atoms with van der Waals surface area (Å²) in [5, 5.41) is 6.89. The lowest BCUT2D eigenvalue weighted by Gasteiger charge is -2.42. The van der Waals surface area contributed by atoms with Gasteiger partial charge in [0, 0.05) is 63.7 Å². The van der Waals surface area contributed by atoms with Crippen LogP contribution >= 0.6 is 0 Å². The molecule has 1 N–H and O–H groups in total. The molecule has 0 unspecified atom stereocenters. The standard InChI is InChI=1S/C23H28N4O3.CH2O2/c28-22(26-8-3-10-30-11-9-26)20-5-6-21-18-12-17(14-27(21)23(20)29)13-25(15-18)16-19-4-1-2-7-24-19;2-1-3/h1-2,4-7,17-18H,3,8-16H2;1H,(H,2,3)/t17-,18+;/m0./s1. The van der Waals surface area contributed by atoms with Crippen LogP contribution in [0.1, 0.15) is 40.5 Å². The van der Waals surface area contributed by atoms with Crippen molar-refractivity contribution in [2.75, 3.05) is 39.4 Å². The molecule has 176 valence electrons. The third-order valence-corrected chi connectivity index (χ3v) is 6.53. The largest absolute Gasteiger partial charge is 0.483 e. The molecule has 2 aromatic heterocycles. The average Bonchev–Trinajstić information content (AvgIpc) is 3.10. The minimum Gasteiger partial charge on any atom is -0.483 e. The van der Waals surface area contributed by atoms with Crippen LogP contribution in [0.2, 0.25) is 0 Å². The van der Waals surface area contributed by atoms with Gasteiger partial charge >= 0.3 is 0 Å². The van der Waals surface area contributed by atoms with E-state index in [1.165, 1.54) is 0 Å². The van der Waals surface area contributed by atoms with E-state index < -0.39 is 0 Å². The Hall–Kier alpha value is -3.04. The maximum atomic E-state index is 13.2. The Morgan fingerprint density at radius 3 is 2.79 bits per heavy atom. The molecule has 2 fully saturated rings. The van der Waals surface area contributed by atoms with E-state index >= 15 is 0 Å². The first-order chi connectivity index (χ1) is 16.1. The van der Waals surface area contributed by atoms with Gasteiger partial charge in [0.25, 0.3) is 17.9 Å². The predicted octanol–water partition coefficient (Wildman–Crippen LogP) is 1.43. The summed E-state index contributed by atoms with van der Waals surface area (Å²) in [5.41, 5.74) is 2.32. The molecule has 9 heteroatoms. The molecule has 33 heavy (non-hydrogen) atoms. The maximum absolute atomic E-state index is 13.2. The van der Waals surface area contributed by atoms with Crippen molar-refractivity contribution < 1.29 is 19.4 Å². The first-order valence-corrected chi connectivity index (χ1v) is 11.4. The Bertz CT molecular complexity index is 1020. The van der Waals surface area contributed by atoms with Crippen molar-refractivity contribution in [2.45, 2.75) is 31.8 Å². The highest BCUT2D eigenvalue weighted by Crippen LogP contribution is 2.35. The number of aromatic nitrogens is 2. The highest BCUT2D eigenvalue weighted by atomic mass is 16.5. The fourth-order valence-corrected chi connectivity index (χ4v) is 5.18. The molecule has 3 aliphatic heterocycles. The summed E-state index contributed by atoms with van der Waals surface area (Å²) in [4.78, 5) is 43.3. The Morgan fingerprint density at radius 2 is 2.00 bits per heavy atom. The number of hydrogen-bond acceptors (Lipinski definition) is 6. The first-order valence-electron chi connectivity index (χ1n) is 11.4. The summed E-state index contributed by atoms with van der Waals surface area (Å²) in [6.45, 7) is 5.56. The van der Waals surface area contributed by atoms with Gasteiger partial charge in [0.05, 0.1) is 12.3 Å². The zero-order valence-corrected chi connectivity index (χ0v) is 18.6. The van der Waals surface area contributed by atoms with E-state index in [1.807, 2.05) is 29.0 Å². The molecule has 2 bridgehead atoms. The number of carboxylic acid groups (broad SMARTS) is 1. The van der Waals surface area contributed by atoms with Gasteiger partial charge in [-0.25, -0.2) is 0 Å².